The van der Waals surface area contributed by atoms with Crippen LogP contribution in [0.2, 0.25) is 10.0 Å². The minimum Gasteiger partial charge on any atom is -0.396 e. The van der Waals surface area contributed by atoms with Gasteiger partial charge in [-0.05, 0) is 31.0 Å². The highest BCUT2D eigenvalue weighted by Gasteiger charge is 1.99. The van der Waals surface area contributed by atoms with Gasteiger partial charge in [0.1, 0.15) is 0 Å². The van der Waals surface area contributed by atoms with E-state index in [1.165, 1.54) is 0 Å². The fourth-order valence-electron chi connectivity index (χ4n) is 1.11. The zero-order valence-corrected chi connectivity index (χ0v) is 13.0. The molecule has 0 spiro atoms. The fraction of sp³-hybridized carbons (Fsp3) is 0.571. The van der Waals surface area contributed by atoms with E-state index in [0.717, 1.165) is 12.8 Å². The van der Waals surface area contributed by atoms with E-state index < -0.39 is 0 Å². The first-order valence-corrected chi connectivity index (χ1v) is 7.12. The summed E-state index contributed by atoms with van der Waals surface area (Å²) in [5.41, 5.74) is 5.36. The summed E-state index contributed by atoms with van der Waals surface area (Å²) in [6.07, 6.45) is 1.93. The lowest BCUT2D eigenvalue weighted by Gasteiger charge is -2.07. The van der Waals surface area contributed by atoms with Crippen molar-refractivity contribution in [2.24, 2.45) is 11.7 Å². The van der Waals surface area contributed by atoms with Crippen LogP contribution < -0.4 is 5.73 Å². The Morgan fingerprint density at radius 3 is 1.78 bits per heavy atom. The predicted molar refractivity (Wildman–Crippen MR) is 82.3 cm³/mol. The molecule has 3 N–H and O–H groups in total. The van der Waals surface area contributed by atoms with Gasteiger partial charge >= 0.3 is 0 Å². The number of benzene rings is 1. The first-order chi connectivity index (χ1) is 8.65. The molecular weight excluding hydrogens is 269 g/mol. The molecule has 0 heterocycles. The summed E-state index contributed by atoms with van der Waals surface area (Å²) in [6, 6.07) is 7.19. The van der Waals surface area contributed by atoms with Crippen LogP contribution in [-0.2, 0) is 0 Å². The van der Waals surface area contributed by atoms with Crippen molar-refractivity contribution in [2.45, 2.75) is 33.6 Å². The molecule has 0 radical (unpaired) electrons. The predicted octanol–water partition coefficient (Wildman–Crippen LogP) is 4.37. The van der Waals surface area contributed by atoms with E-state index in [0.29, 0.717) is 22.5 Å². The molecule has 0 fully saturated rings. The number of rotatable bonds is 4. The summed E-state index contributed by atoms with van der Waals surface area (Å²) in [4.78, 5) is 0. The van der Waals surface area contributed by atoms with Crippen molar-refractivity contribution >= 4 is 23.2 Å². The van der Waals surface area contributed by atoms with Gasteiger partial charge in [-0.15, -0.1) is 0 Å². The van der Waals surface area contributed by atoms with Gasteiger partial charge in [0.05, 0.1) is 10.0 Å². The maximum atomic E-state index is 8.44. The van der Waals surface area contributed by atoms with Crippen molar-refractivity contribution in [3.05, 3.63) is 34.3 Å². The maximum Gasteiger partial charge on any atom is 0.0592 e. The minimum absolute atomic E-state index is 0.274. The quantitative estimate of drug-likeness (QED) is 0.866. The van der Waals surface area contributed by atoms with Crippen LogP contribution >= 0.6 is 23.2 Å². The Morgan fingerprint density at radius 2 is 1.61 bits per heavy atom. The van der Waals surface area contributed by atoms with Gasteiger partial charge in [-0.25, -0.2) is 0 Å². The third kappa shape index (κ3) is 10.8. The lowest BCUT2D eigenvalue weighted by molar-refractivity contribution is 0.256. The third-order valence-corrected chi connectivity index (χ3v) is 3.03. The highest BCUT2D eigenvalue weighted by molar-refractivity contribution is 6.41. The van der Waals surface area contributed by atoms with Crippen molar-refractivity contribution in [1.82, 2.24) is 0 Å². The number of hydrogen-bond acceptors (Lipinski definition) is 2. The van der Waals surface area contributed by atoms with E-state index >= 15 is 0 Å². The lowest BCUT2D eigenvalue weighted by Crippen LogP contribution is -2.14. The highest BCUT2D eigenvalue weighted by atomic mass is 35.5. The van der Waals surface area contributed by atoms with Crippen LogP contribution in [0.1, 0.15) is 33.6 Å². The molecule has 2 nitrogen and oxygen atoms in total. The van der Waals surface area contributed by atoms with Crippen molar-refractivity contribution in [1.29, 1.82) is 0 Å². The molecular formula is C14H25Cl2NO. The number of aliphatic hydroxyl groups is 1. The fourth-order valence-corrected chi connectivity index (χ4v) is 1.38. The monoisotopic (exact) mass is 293 g/mol. The van der Waals surface area contributed by atoms with Crippen molar-refractivity contribution in [3.8, 4) is 0 Å². The van der Waals surface area contributed by atoms with Gasteiger partial charge < -0.3 is 10.8 Å². The molecule has 0 aliphatic rings. The summed E-state index contributed by atoms with van der Waals surface area (Å²) in [6.45, 7) is 7.07. The molecule has 1 aromatic rings. The lowest BCUT2D eigenvalue weighted by atomic mass is 10.0. The zero-order valence-electron chi connectivity index (χ0n) is 11.5. The SMILES string of the molecule is CC.CCC(CN)CCO.Clc1ccccc1Cl. The van der Waals surface area contributed by atoms with E-state index in [1.807, 2.05) is 26.0 Å². The van der Waals surface area contributed by atoms with Gasteiger partial charge in [-0.2, -0.15) is 0 Å². The topological polar surface area (TPSA) is 46.2 Å². The number of hydrogen-bond donors (Lipinski definition) is 2. The molecule has 1 rings (SSSR count). The van der Waals surface area contributed by atoms with Crippen molar-refractivity contribution in [3.63, 3.8) is 0 Å². The van der Waals surface area contributed by atoms with Crippen molar-refractivity contribution < 1.29 is 5.11 Å². The normalized spacial score (nSPS) is 10.6. The molecule has 1 unspecified atom stereocenters. The zero-order chi connectivity index (χ0) is 14.4. The highest BCUT2D eigenvalue weighted by Crippen LogP contribution is 2.19. The van der Waals surface area contributed by atoms with Gasteiger partial charge in [-0.1, -0.05) is 62.5 Å². The summed E-state index contributed by atoms with van der Waals surface area (Å²) < 4.78 is 0. The van der Waals surface area contributed by atoms with E-state index in [-0.39, 0.29) is 6.61 Å². The summed E-state index contributed by atoms with van der Waals surface area (Å²) in [7, 11) is 0. The second-order valence-electron chi connectivity index (χ2n) is 3.44. The Morgan fingerprint density at radius 1 is 1.17 bits per heavy atom. The van der Waals surface area contributed by atoms with Gasteiger partial charge in [0, 0.05) is 6.61 Å². The number of aliphatic hydroxyl groups excluding tert-OH is 1. The van der Waals surface area contributed by atoms with E-state index in [9.17, 15) is 0 Å². The van der Waals surface area contributed by atoms with Crippen LogP contribution in [0.5, 0.6) is 0 Å². The summed E-state index contributed by atoms with van der Waals surface area (Å²) in [5.74, 6) is 0.528. The minimum atomic E-state index is 0.274. The molecule has 1 aromatic carbocycles. The van der Waals surface area contributed by atoms with Crippen LogP contribution in [-0.4, -0.2) is 18.3 Å². The Kier molecular flexibility index (Phi) is 16.5. The number of nitrogens with two attached hydrogens (primary N) is 1. The molecule has 0 aliphatic carbocycles. The molecule has 0 saturated heterocycles. The Labute approximate surface area is 121 Å². The number of halogens is 2. The van der Waals surface area contributed by atoms with E-state index in [2.05, 4.69) is 6.92 Å². The molecule has 0 aliphatic heterocycles. The Bertz CT molecular complexity index is 257. The van der Waals surface area contributed by atoms with Crippen LogP contribution in [0.3, 0.4) is 0 Å². The molecule has 4 heteroatoms. The van der Waals surface area contributed by atoms with Crippen molar-refractivity contribution in [2.75, 3.05) is 13.2 Å². The van der Waals surface area contributed by atoms with E-state index in [1.54, 1.807) is 12.1 Å². The van der Waals surface area contributed by atoms with Gasteiger partial charge in [-0.3, -0.25) is 0 Å². The molecule has 0 amide bonds. The molecule has 18 heavy (non-hydrogen) atoms. The Hall–Kier alpha value is -0.280. The molecule has 0 saturated carbocycles. The van der Waals surface area contributed by atoms with Crippen LogP contribution in [0.25, 0.3) is 0 Å². The van der Waals surface area contributed by atoms with Crippen LogP contribution in [0.15, 0.2) is 24.3 Å². The molecule has 0 aromatic heterocycles. The first kappa shape index (κ1) is 20.0. The summed E-state index contributed by atoms with van der Waals surface area (Å²) >= 11 is 11.2. The first-order valence-electron chi connectivity index (χ1n) is 6.36. The second-order valence-corrected chi connectivity index (χ2v) is 4.25. The average molecular weight is 294 g/mol. The molecule has 0 bridgehead atoms. The standard InChI is InChI=1S/C6H4Cl2.C6H15NO.C2H6/c7-5-3-1-2-4-6(5)8;1-2-6(5-7)3-4-8;1-2/h1-4H;6,8H,2-5,7H2,1H3;1-2H3. The van der Waals surface area contributed by atoms with Crippen LogP contribution in [0.4, 0.5) is 0 Å². The third-order valence-electron chi connectivity index (χ3n) is 2.27. The van der Waals surface area contributed by atoms with E-state index in [4.69, 9.17) is 34.0 Å². The summed E-state index contributed by atoms with van der Waals surface area (Å²) in [5, 5.41) is 9.65. The maximum absolute atomic E-state index is 8.44. The average Bonchev–Trinajstić information content (AvgIpc) is 2.42. The smallest absolute Gasteiger partial charge is 0.0592 e. The van der Waals surface area contributed by atoms with Crippen LogP contribution in [0, 0.1) is 5.92 Å². The van der Waals surface area contributed by atoms with Gasteiger partial charge in [0.25, 0.3) is 0 Å². The largest absolute Gasteiger partial charge is 0.396 e. The Balaban J connectivity index is 0. The second kappa shape index (κ2) is 14.8. The molecule has 1 atom stereocenters. The van der Waals surface area contributed by atoms with Gasteiger partial charge in [0.2, 0.25) is 0 Å². The van der Waals surface area contributed by atoms with Gasteiger partial charge in [0.15, 0.2) is 0 Å². The molecule has 106 valence electrons.